The van der Waals surface area contributed by atoms with E-state index < -0.39 is 23.4 Å². The van der Waals surface area contributed by atoms with Crippen molar-refractivity contribution in [1.82, 2.24) is 0 Å². The van der Waals surface area contributed by atoms with E-state index >= 15 is 0 Å². The third kappa shape index (κ3) is 3.10. The molecule has 0 aromatic heterocycles. The molecule has 0 N–H and O–H groups in total. The maximum atomic E-state index is 12.4. The number of halogens is 4. The lowest BCUT2D eigenvalue weighted by atomic mass is 10.2. The van der Waals surface area contributed by atoms with E-state index in [2.05, 4.69) is 25.7 Å². The minimum Gasteiger partial charge on any atom is -0.465 e. The molecule has 2 unspecified atom stereocenters. The van der Waals surface area contributed by atoms with Crippen molar-refractivity contribution in [3.63, 3.8) is 0 Å². The minimum atomic E-state index is -4.53. The van der Waals surface area contributed by atoms with Crippen LogP contribution in [0.3, 0.4) is 0 Å². The van der Waals surface area contributed by atoms with Crippen LogP contribution < -0.4 is 0 Å². The first-order valence-electron chi connectivity index (χ1n) is 3.99. The van der Waals surface area contributed by atoms with Gasteiger partial charge in [0.25, 0.3) is 0 Å². The smallest absolute Gasteiger partial charge is 0.412 e. The van der Waals surface area contributed by atoms with Crippen molar-refractivity contribution in [1.29, 1.82) is 0 Å². The zero-order valence-electron chi connectivity index (χ0n) is 7.55. The fraction of sp³-hybridized carbons (Fsp3) is 0.714. The molecule has 0 spiro atoms. The van der Waals surface area contributed by atoms with E-state index in [9.17, 15) is 18.0 Å². The molecule has 3 nitrogen and oxygen atoms in total. The monoisotopic (exact) mass is 305 g/mol. The third-order valence-corrected chi connectivity index (χ3v) is 3.38. The molecule has 0 aromatic rings. The predicted octanol–water partition coefficient (Wildman–Crippen LogP) is 2.35. The Balaban J connectivity index is 2.79. The molecule has 0 aromatic carbocycles. The molecule has 1 heterocycles. The van der Waals surface area contributed by atoms with Crippen molar-refractivity contribution in [2.24, 2.45) is 4.99 Å². The lowest BCUT2D eigenvalue weighted by Gasteiger charge is -2.17. The Hall–Kier alpha value is -0.240. The Morgan fingerprint density at radius 2 is 2.27 bits per heavy atom. The zero-order chi connectivity index (χ0) is 11.6. The normalized spacial score (nSPS) is 26.3. The van der Waals surface area contributed by atoms with Crippen LogP contribution in [0, 0.1) is 0 Å². The van der Waals surface area contributed by atoms with Crippen molar-refractivity contribution >= 4 is 37.6 Å². The van der Waals surface area contributed by atoms with E-state index in [1.54, 1.807) is 0 Å². The van der Waals surface area contributed by atoms with Gasteiger partial charge in [0.1, 0.15) is 9.20 Å². The van der Waals surface area contributed by atoms with Gasteiger partial charge in [-0.15, -0.1) is 0 Å². The van der Waals surface area contributed by atoms with Gasteiger partial charge in [0.2, 0.25) is 0 Å². The summed E-state index contributed by atoms with van der Waals surface area (Å²) in [4.78, 5) is 14.5. The lowest BCUT2D eigenvalue weighted by molar-refractivity contribution is -0.161. The van der Waals surface area contributed by atoms with Gasteiger partial charge < -0.3 is 4.74 Å². The molecule has 15 heavy (non-hydrogen) atoms. The van der Waals surface area contributed by atoms with E-state index in [-0.39, 0.29) is 10.6 Å². The molecule has 0 radical (unpaired) electrons. The van der Waals surface area contributed by atoms with Crippen LogP contribution in [0.5, 0.6) is 0 Å². The van der Waals surface area contributed by atoms with Crippen molar-refractivity contribution < 1.29 is 22.7 Å². The highest BCUT2D eigenvalue weighted by Gasteiger charge is 2.52. The first kappa shape index (κ1) is 12.8. The quantitative estimate of drug-likeness (QED) is 0.735. The second-order valence-corrected chi connectivity index (χ2v) is 5.07. The molecule has 0 amide bonds. The zero-order valence-corrected chi connectivity index (χ0v) is 9.95. The second-order valence-electron chi connectivity index (χ2n) is 2.66. The topological polar surface area (TPSA) is 38.7 Å². The van der Waals surface area contributed by atoms with Gasteiger partial charge in [-0.25, -0.2) is 0 Å². The Morgan fingerprint density at radius 3 is 2.73 bits per heavy atom. The average molecular weight is 306 g/mol. The Labute approximate surface area is 96.6 Å². The lowest BCUT2D eigenvalue weighted by Crippen LogP contribution is -2.39. The number of rotatable bonds is 2. The van der Waals surface area contributed by atoms with Crippen LogP contribution in [0.4, 0.5) is 13.2 Å². The van der Waals surface area contributed by atoms with Gasteiger partial charge in [-0.3, -0.25) is 9.79 Å². The second kappa shape index (κ2) is 4.73. The summed E-state index contributed by atoms with van der Waals surface area (Å²) in [6, 6.07) is -2.02. The van der Waals surface area contributed by atoms with Gasteiger partial charge in [0.15, 0.2) is 6.04 Å². The average Bonchev–Trinajstić information content (AvgIpc) is 2.47. The summed E-state index contributed by atoms with van der Waals surface area (Å²) < 4.78 is 41.9. The summed E-state index contributed by atoms with van der Waals surface area (Å²) in [6.45, 7) is 1.59. The minimum absolute atomic E-state index is 0.0537. The van der Waals surface area contributed by atoms with E-state index in [0.29, 0.717) is 0 Å². The number of aliphatic imine (C=N–C) groups is 1. The molecule has 0 saturated heterocycles. The molecule has 2 atom stereocenters. The molecule has 86 valence electrons. The first-order chi connectivity index (χ1) is 6.86. The molecule has 1 rings (SSSR count). The number of nitrogens with zero attached hydrogens (tertiary/aromatic N) is 1. The van der Waals surface area contributed by atoms with Crippen LogP contribution >= 0.6 is 27.7 Å². The number of esters is 1. The highest BCUT2D eigenvalue weighted by molar-refractivity contribution is 9.22. The van der Waals surface area contributed by atoms with Gasteiger partial charge in [-0.05, 0) is 22.9 Å². The summed E-state index contributed by atoms with van der Waals surface area (Å²) in [5.41, 5.74) is 0. The van der Waals surface area contributed by atoms with Crippen molar-refractivity contribution in [3.8, 4) is 0 Å². The maximum Gasteiger partial charge on any atom is 0.412 e. The van der Waals surface area contributed by atoms with E-state index in [1.807, 2.05) is 0 Å². The van der Waals surface area contributed by atoms with Crippen LogP contribution in [-0.4, -0.2) is 34.0 Å². The van der Waals surface area contributed by atoms with E-state index in [4.69, 9.17) is 0 Å². The molecule has 8 heteroatoms. The van der Waals surface area contributed by atoms with Crippen LogP contribution in [-0.2, 0) is 9.53 Å². The standard InChI is InChI=1S/C7H7BrF3NO2S/c1-2-14-5(13)3-4(7(9,10)11)12-6(8)15-3/h3-4H,2H2,1H3. The van der Waals surface area contributed by atoms with E-state index in [1.165, 1.54) is 6.92 Å². The summed E-state index contributed by atoms with van der Waals surface area (Å²) in [7, 11) is 0. The number of carbonyl (C=O) groups is 1. The van der Waals surface area contributed by atoms with Gasteiger partial charge in [-0.1, -0.05) is 11.8 Å². The number of alkyl halides is 3. The van der Waals surface area contributed by atoms with Crippen molar-refractivity contribution in [2.75, 3.05) is 6.61 Å². The number of hydrogen-bond donors (Lipinski definition) is 0. The van der Waals surface area contributed by atoms with Gasteiger partial charge in [0.05, 0.1) is 6.61 Å². The number of carbonyl (C=O) groups excluding carboxylic acids is 1. The number of hydrogen-bond acceptors (Lipinski definition) is 4. The van der Waals surface area contributed by atoms with Crippen LogP contribution in [0.1, 0.15) is 6.92 Å². The number of ether oxygens (including phenoxy) is 1. The predicted molar refractivity (Wildman–Crippen MR) is 54.2 cm³/mol. The molecular formula is C7H7BrF3NO2S. The Kier molecular flexibility index (Phi) is 4.05. The van der Waals surface area contributed by atoms with Crippen molar-refractivity contribution in [2.45, 2.75) is 24.4 Å². The Bertz CT molecular complexity index is 294. The highest BCUT2D eigenvalue weighted by Crippen LogP contribution is 2.39. The highest BCUT2D eigenvalue weighted by atomic mass is 79.9. The first-order valence-corrected chi connectivity index (χ1v) is 5.66. The molecule has 0 aliphatic carbocycles. The van der Waals surface area contributed by atoms with Gasteiger partial charge >= 0.3 is 12.1 Å². The molecule has 1 aliphatic heterocycles. The van der Waals surface area contributed by atoms with Crippen LogP contribution in [0.2, 0.25) is 0 Å². The molecular weight excluding hydrogens is 299 g/mol. The summed E-state index contributed by atoms with van der Waals surface area (Å²) >= 11 is 3.56. The van der Waals surface area contributed by atoms with Gasteiger partial charge in [-0.2, -0.15) is 13.2 Å². The third-order valence-electron chi connectivity index (χ3n) is 1.61. The van der Waals surface area contributed by atoms with Gasteiger partial charge in [0, 0.05) is 0 Å². The van der Waals surface area contributed by atoms with E-state index in [0.717, 1.165) is 11.8 Å². The van der Waals surface area contributed by atoms with Crippen LogP contribution in [0.15, 0.2) is 4.99 Å². The number of thioether (sulfide) groups is 1. The Morgan fingerprint density at radius 1 is 1.67 bits per heavy atom. The van der Waals surface area contributed by atoms with Crippen LogP contribution in [0.25, 0.3) is 0 Å². The van der Waals surface area contributed by atoms with Crippen molar-refractivity contribution in [3.05, 3.63) is 0 Å². The molecule has 0 saturated carbocycles. The maximum absolute atomic E-state index is 12.4. The summed E-state index contributed by atoms with van der Waals surface area (Å²) in [5.74, 6) is -0.886. The summed E-state index contributed by atoms with van der Waals surface area (Å²) in [5, 5.41) is -1.33. The molecule has 0 fully saturated rings. The summed E-state index contributed by atoms with van der Waals surface area (Å²) in [6.07, 6.45) is -4.53. The SMILES string of the molecule is CCOC(=O)C1SC(Br)=NC1C(F)(F)F. The fourth-order valence-corrected chi connectivity index (χ4v) is 2.74. The largest absolute Gasteiger partial charge is 0.465 e. The molecule has 1 aliphatic rings. The fourth-order valence-electron chi connectivity index (χ4n) is 1.02. The molecule has 0 bridgehead atoms.